The van der Waals surface area contributed by atoms with Crippen LogP contribution in [-0.4, -0.2) is 91.3 Å². The maximum atomic E-state index is 12.6. The fourth-order valence-corrected chi connectivity index (χ4v) is 3.47. The maximum absolute atomic E-state index is 12.6. The van der Waals surface area contributed by atoms with Crippen molar-refractivity contribution in [1.82, 2.24) is 15.5 Å². The van der Waals surface area contributed by atoms with Gasteiger partial charge in [-0.1, -0.05) is 26.0 Å². The molecule has 0 radical (unpaired) electrons. The highest BCUT2D eigenvalue weighted by Gasteiger charge is 2.28. The highest BCUT2D eigenvalue weighted by Crippen LogP contribution is 2.11. The molecule has 1 atom stereocenters. The average molecular weight is 551 g/mol. The molecule has 1 heterocycles. The first kappa shape index (κ1) is 31.2. The van der Waals surface area contributed by atoms with Gasteiger partial charge in [0.25, 0.3) is 0 Å². The number of amides is 5. The van der Waals surface area contributed by atoms with E-state index >= 15 is 0 Å². The average Bonchev–Trinajstić information content (AvgIpc) is 3.21. The number of carboxylic acid groups (broad SMARTS) is 1. The Hall–Kier alpha value is -4.04. The van der Waals surface area contributed by atoms with Gasteiger partial charge in [-0.3, -0.25) is 28.9 Å². The van der Waals surface area contributed by atoms with Gasteiger partial charge in [0.1, 0.15) is 19.3 Å². The Balaban J connectivity index is 1.64. The van der Waals surface area contributed by atoms with Crippen molar-refractivity contribution in [3.05, 3.63) is 29.8 Å². The molecule has 0 aliphatic carbocycles. The van der Waals surface area contributed by atoms with E-state index in [2.05, 4.69) is 20.7 Å². The highest BCUT2D eigenvalue weighted by atomic mass is 16.7. The summed E-state index contributed by atoms with van der Waals surface area (Å²) >= 11 is 0. The molecular weight excluding hydrogens is 516 g/mol. The molecule has 14 nitrogen and oxygen atoms in total. The summed E-state index contributed by atoms with van der Waals surface area (Å²) in [5.74, 6) is -2.24. The Morgan fingerprint density at radius 1 is 0.949 bits per heavy atom. The molecule has 1 unspecified atom stereocenters. The molecule has 14 heteroatoms. The number of carbonyl (C=O) groups is 6. The zero-order valence-electron chi connectivity index (χ0n) is 21.9. The van der Waals surface area contributed by atoms with Crippen LogP contribution in [0.2, 0.25) is 0 Å². The van der Waals surface area contributed by atoms with Crippen LogP contribution in [0.4, 0.5) is 10.5 Å². The lowest BCUT2D eigenvalue weighted by Crippen LogP contribution is -2.51. The minimum Gasteiger partial charge on any atom is -0.450 e. The van der Waals surface area contributed by atoms with Gasteiger partial charge in [0.05, 0.1) is 32.9 Å². The number of hydrogen-bond acceptors (Lipinski definition) is 9. The van der Waals surface area contributed by atoms with E-state index in [9.17, 15) is 28.8 Å². The van der Waals surface area contributed by atoms with Gasteiger partial charge < -0.3 is 35.3 Å². The maximum Gasteiger partial charge on any atom is 0.506 e. The highest BCUT2D eigenvalue weighted by molar-refractivity contribution is 6.01. The Labute approximate surface area is 225 Å². The first-order valence-corrected chi connectivity index (χ1v) is 12.4. The molecule has 0 spiro atoms. The summed E-state index contributed by atoms with van der Waals surface area (Å²) in [6.45, 7) is 3.33. The van der Waals surface area contributed by atoms with Gasteiger partial charge in [0.15, 0.2) is 0 Å². The number of rotatable bonds is 16. The standard InChI is InChI=1S/C25H34N4O10/c1-16(2)23(28-20(31)15-38-12-11-37-10-9-29-21(32)7-8-22(29)33)24(34)26-13-19(30)27-18-5-3-17(4-6-18)14-39-25(35)36/h3-6,16,23H,7-15H2,1-2H3,(H,26,34)(H,27,30)(H,28,31)(H,35,36). The topological polar surface area (TPSA) is 190 Å². The van der Waals surface area contributed by atoms with E-state index in [1.165, 1.54) is 0 Å². The summed E-state index contributed by atoms with van der Waals surface area (Å²) < 4.78 is 15.0. The van der Waals surface area contributed by atoms with Gasteiger partial charge in [0, 0.05) is 18.5 Å². The van der Waals surface area contributed by atoms with Crippen molar-refractivity contribution in [1.29, 1.82) is 0 Å². The van der Waals surface area contributed by atoms with Crippen molar-refractivity contribution in [2.45, 2.75) is 39.3 Å². The predicted octanol–water partition coefficient (Wildman–Crippen LogP) is 0.259. The number of likely N-dealkylation sites (tertiary alicyclic amines) is 1. The SMILES string of the molecule is CC(C)C(NC(=O)COCCOCCN1C(=O)CCC1=O)C(=O)NCC(=O)Nc1ccc(COC(=O)O)cc1. The van der Waals surface area contributed by atoms with Crippen molar-refractivity contribution in [2.75, 3.05) is 44.8 Å². The van der Waals surface area contributed by atoms with Crippen LogP contribution in [0.3, 0.4) is 0 Å². The molecule has 1 aliphatic rings. The summed E-state index contributed by atoms with van der Waals surface area (Å²) in [6.07, 6.45) is -0.937. The normalized spacial score (nSPS) is 13.8. The lowest BCUT2D eigenvalue weighted by Gasteiger charge is -2.21. The van der Waals surface area contributed by atoms with Gasteiger partial charge in [-0.15, -0.1) is 0 Å². The summed E-state index contributed by atoms with van der Waals surface area (Å²) in [4.78, 5) is 71.6. The van der Waals surface area contributed by atoms with Crippen molar-refractivity contribution >= 4 is 41.4 Å². The van der Waals surface area contributed by atoms with Gasteiger partial charge in [-0.05, 0) is 23.6 Å². The number of benzene rings is 1. The van der Waals surface area contributed by atoms with Crippen LogP contribution in [0.15, 0.2) is 24.3 Å². The largest absolute Gasteiger partial charge is 0.506 e. The number of ether oxygens (including phenoxy) is 3. The van der Waals surface area contributed by atoms with Crippen LogP contribution in [0, 0.1) is 5.92 Å². The lowest BCUT2D eigenvalue weighted by molar-refractivity contribution is -0.139. The number of carbonyl (C=O) groups excluding carboxylic acids is 5. The van der Waals surface area contributed by atoms with Crippen LogP contribution >= 0.6 is 0 Å². The fraction of sp³-hybridized carbons (Fsp3) is 0.520. The Morgan fingerprint density at radius 3 is 2.21 bits per heavy atom. The number of nitrogens with one attached hydrogen (secondary N) is 3. The molecule has 5 amide bonds. The minimum absolute atomic E-state index is 0.0988. The number of anilines is 1. The zero-order chi connectivity index (χ0) is 28.8. The summed E-state index contributed by atoms with van der Waals surface area (Å²) in [5.41, 5.74) is 1.05. The molecule has 1 aromatic rings. The molecule has 0 saturated carbocycles. The third kappa shape index (κ3) is 11.5. The molecule has 1 fully saturated rings. The molecule has 0 bridgehead atoms. The summed E-state index contributed by atoms with van der Waals surface area (Å²) in [5, 5.41) is 16.2. The zero-order valence-corrected chi connectivity index (χ0v) is 21.9. The van der Waals surface area contributed by atoms with Crippen molar-refractivity contribution in [3.63, 3.8) is 0 Å². The van der Waals surface area contributed by atoms with E-state index in [0.29, 0.717) is 11.3 Å². The molecule has 214 valence electrons. The quantitative estimate of drug-likeness (QED) is 0.126. The molecule has 1 aromatic carbocycles. The first-order valence-electron chi connectivity index (χ1n) is 12.4. The smallest absolute Gasteiger partial charge is 0.450 e. The van der Waals surface area contributed by atoms with Gasteiger partial charge in [-0.25, -0.2) is 4.79 Å². The Kier molecular flexibility index (Phi) is 12.8. The van der Waals surface area contributed by atoms with Gasteiger partial charge in [-0.2, -0.15) is 0 Å². The number of nitrogens with zero attached hydrogens (tertiary/aromatic N) is 1. The van der Waals surface area contributed by atoms with Gasteiger partial charge >= 0.3 is 6.16 Å². The number of imide groups is 1. The molecule has 2 rings (SSSR count). The van der Waals surface area contributed by atoms with E-state index in [1.54, 1.807) is 38.1 Å². The molecule has 1 aliphatic heterocycles. The second kappa shape index (κ2) is 16.0. The van der Waals surface area contributed by atoms with E-state index < -0.39 is 29.9 Å². The van der Waals surface area contributed by atoms with Crippen LogP contribution < -0.4 is 16.0 Å². The fourth-order valence-electron chi connectivity index (χ4n) is 3.47. The third-order valence-corrected chi connectivity index (χ3v) is 5.51. The van der Waals surface area contributed by atoms with E-state index in [-0.39, 0.29) is 76.7 Å². The minimum atomic E-state index is -1.39. The molecule has 1 saturated heterocycles. The first-order chi connectivity index (χ1) is 18.6. The molecule has 4 N–H and O–H groups in total. The van der Waals surface area contributed by atoms with E-state index in [4.69, 9.17) is 14.6 Å². The second-order valence-corrected chi connectivity index (χ2v) is 8.91. The van der Waals surface area contributed by atoms with E-state index in [0.717, 1.165) is 4.90 Å². The van der Waals surface area contributed by atoms with Crippen molar-refractivity contribution in [2.24, 2.45) is 5.92 Å². The van der Waals surface area contributed by atoms with Crippen molar-refractivity contribution in [3.8, 4) is 0 Å². The lowest BCUT2D eigenvalue weighted by atomic mass is 10.0. The predicted molar refractivity (Wildman–Crippen MR) is 135 cm³/mol. The summed E-state index contributed by atoms with van der Waals surface area (Å²) in [6, 6.07) is 5.42. The van der Waals surface area contributed by atoms with Crippen LogP contribution in [0.1, 0.15) is 32.3 Å². The third-order valence-electron chi connectivity index (χ3n) is 5.51. The molecular formula is C25H34N4O10. The molecule has 0 aromatic heterocycles. The Morgan fingerprint density at radius 2 is 1.59 bits per heavy atom. The van der Waals surface area contributed by atoms with Crippen molar-refractivity contribution < 1.29 is 48.1 Å². The summed E-state index contributed by atoms with van der Waals surface area (Å²) in [7, 11) is 0. The van der Waals surface area contributed by atoms with Gasteiger partial charge in [0.2, 0.25) is 29.5 Å². The Bertz CT molecular complexity index is 1010. The van der Waals surface area contributed by atoms with Crippen LogP contribution in [-0.2, 0) is 44.8 Å². The monoisotopic (exact) mass is 550 g/mol. The van der Waals surface area contributed by atoms with Crippen LogP contribution in [0.25, 0.3) is 0 Å². The second-order valence-electron chi connectivity index (χ2n) is 8.91. The number of hydrogen-bond donors (Lipinski definition) is 4. The molecule has 39 heavy (non-hydrogen) atoms. The van der Waals surface area contributed by atoms with Crippen LogP contribution in [0.5, 0.6) is 0 Å². The van der Waals surface area contributed by atoms with E-state index in [1.807, 2.05) is 0 Å².